The normalized spacial score (nSPS) is 10.0. The highest BCUT2D eigenvalue weighted by atomic mass is 16.5. The van der Waals surface area contributed by atoms with Crippen LogP contribution in [0, 0.1) is 0 Å². The first-order valence-corrected chi connectivity index (χ1v) is 6.63. The van der Waals surface area contributed by atoms with Crippen molar-refractivity contribution in [3.8, 4) is 5.75 Å². The number of methoxy groups -OCH3 is 1. The molecular formula is C17H16O4. The fraction of sp³-hybridized carbons (Fsp3) is 0.176. The zero-order valence-electron chi connectivity index (χ0n) is 12.0. The average molecular weight is 284 g/mol. The number of carbonyl (C=O) groups excluding carboxylic acids is 2. The van der Waals surface area contributed by atoms with Crippen LogP contribution < -0.4 is 4.74 Å². The second-order valence-electron chi connectivity index (χ2n) is 4.30. The van der Waals surface area contributed by atoms with Gasteiger partial charge in [0.2, 0.25) is 0 Å². The average Bonchev–Trinajstić information content (AvgIpc) is 2.54. The zero-order chi connectivity index (χ0) is 15.2. The van der Waals surface area contributed by atoms with Crippen LogP contribution in [0.3, 0.4) is 0 Å². The lowest BCUT2D eigenvalue weighted by Gasteiger charge is -2.11. The van der Waals surface area contributed by atoms with Gasteiger partial charge in [-0.05, 0) is 25.1 Å². The summed E-state index contributed by atoms with van der Waals surface area (Å²) in [4.78, 5) is 24.5. The largest absolute Gasteiger partial charge is 0.493 e. The van der Waals surface area contributed by atoms with E-state index in [2.05, 4.69) is 0 Å². The molecule has 4 heteroatoms. The maximum Gasteiger partial charge on any atom is 0.338 e. The molecule has 0 fully saturated rings. The SMILES string of the molecule is CCOc1ccccc1C(=O)c1ccccc1C(=O)OC. The summed E-state index contributed by atoms with van der Waals surface area (Å²) >= 11 is 0. The number of ketones is 1. The number of hydrogen-bond donors (Lipinski definition) is 0. The van der Waals surface area contributed by atoms with E-state index in [0.29, 0.717) is 23.5 Å². The van der Waals surface area contributed by atoms with Crippen molar-refractivity contribution in [3.63, 3.8) is 0 Å². The van der Waals surface area contributed by atoms with Gasteiger partial charge in [0.1, 0.15) is 5.75 Å². The van der Waals surface area contributed by atoms with Crippen LogP contribution in [0.4, 0.5) is 0 Å². The molecule has 0 saturated carbocycles. The Balaban J connectivity index is 2.48. The van der Waals surface area contributed by atoms with Crippen molar-refractivity contribution in [3.05, 3.63) is 65.2 Å². The summed E-state index contributed by atoms with van der Waals surface area (Å²) in [5.74, 6) is -0.294. The van der Waals surface area contributed by atoms with Crippen molar-refractivity contribution in [1.82, 2.24) is 0 Å². The molecule has 0 N–H and O–H groups in total. The second-order valence-corrected chi connectivity index (χ2v) is 4.30. The Kier molecular flexibility index (Phi) is 4.72. The highest BCUT2D eigenvalue weighted by Crippen LogP contribution is 2.23. The number of ether oxygens (including phenoxy) is 2. The van der Waals surface area contributed by atoms with Crippen molar-refractivity contribution >= 4 is 11.8 Å². The van der Waals surface area contributed by atoms with E-state index in [1.807, 2.05) is 6.92 Å². The van der Waals surface area contributed by atoms with E-state index < -0.39 is 5.97 Å². The van der Waals surface area contributed by atoms with Gasteiger partial charge >= 0.3 is 5.97 Å². The summed E-state index contributed by atoms with van der Waals surface area (Å²) in [6.07, 6.45) is 0. The van der Waals surface area contributed by atoms with Crippen molar-refractivity contribution < 1.29 is 19.1 Å². The summed E-state index contributed by atoms with van der Waals surface area (Å²) in [6, 6.07) is 13.6. The topological polar surface area (TPSA) is 52.6 Å². The van der Waals surface area contributed by atoms with Crippen molar-refractivity contribution in [2.45, 2.75) is 6.92 Å². The number of benzene rings is 2. The molecule has 0 saturated heterocycles. The first-order valence-electron chi connectivity index (χ1n) is 6.63. The van der Waals surface area contributed by atoms with Crippen molar-refractivity contribution in [2.24, 2.45) is 0 Å². The molecule has 21 heavy (non-hydrogen) atoms. The van der Waals surface area contributed by atoms with Crippen LogP contribution in [0.25, 0.3) is 0 Å². The highest BCUT2D eigenvalue weighted by molar-refractivity contribution is 6.15. The Labute approximate surface area is 123 Å². The fourth-order valence-electron chi connectivity index (χ4n) is 2.05. The van der Waals surface area contributed by atoms with E-state index in [1.165, 1.54) is 7.11 Å². The second kappa shape index (κ2) is 6.70. The van der Waals surface area contributed by atoms with Gasteiger partial charge in [-0.2, -0.15) is 0 Å². The molecule has 2 rings (SSSR count). The van der Waals surface area contributed by atoms with Gasteiger partial charge in [-0.1, -0.05) is 30.3 Å². The van der Waals surface area contributed by atoms with Crippen LogP contribution in [-0.4, -0.2) is 25.5 Å². The Morgan fingerprint density at radius 2 is 1.48 bits per heavy atom. The Morgan fingerprint density at radius 3 is 2.10 bits per heavy atom. The number of carbonyl (C=O) groups is 2. The van der Waals surface area contributed by atoms with Gasteiger partial charge in [0.15, 0.2) is 5.78 Å². The predicted octanol–water partition coefficient (Wildman–Crippen LogP) is 3.10. The fourth-order valence-corrected chi connectivity index (χ4v) is 2.05. The van der Waals surface area contributed by atoms with E-state index in [-0.39, 0.29) is 11.3 Å². The van der Waals surface area contributed by atoms with Gasteiger partial charge in [0.25, 0.3) is 0 Å². The minimum Gasteiger partial charge on any atom is -0.493 e. The summed E-state index contributed by atoms with van der Waals surface area (Å²) < 4.78 is 10.2. The molecule has 0 aromatic heterocycles. The van der Waals surface area contributed by atoms with Gasteiger partial charge in [-0.15, -0.1) is 0 Å². The number of para-hydroxylation sites is 1. The van der Waals surface area contributed by atoms with E-state index in [1.54, 1.807) is 48.5 Å². The lowest BCUT2D eigenvalue weighted by Crippen LogP contribution is -2.12. The molecule has 0 aliphatic heterocycles. The lowest BCUT2D eigenvalue weighted by atomic mass is 9.98. The Bertz CT molecular complexity index is 661. The predicted molar refractivity (Wildman–Crippen MR) is 78.8 cm³/mol. The van der Waals surface area contributed by atoms with E-state index >= 15 is 0 Å². The van der Waals surface area contributed by atoms with Crippen LogP contribution >= 0.6 is 0 Å². The smallest absolute Gasteiger partial charge is 0.338 e. The molecule has 4 nitrogen and oxygen atoms in total. The van der Waals surface area contributed by atoms with Gasteiger partial charge < -0.3 is 9.47 Å². The van der Waals surface area contributed by atoms with E-state index in [9.17, 15) is 9.59 Å². The molecule has 2 aromatic carbocycles. The molecule has 108 valence electrons. The summed E-state index contributed by atoms with van der Waals surface area (Å²) in [5.41, 5.74) is 0.975. The summed E-state index contributed by atoms with van der Waals surface area (Å²) in [5, 5.41) is 0. The van der Waals surface area contributed by atoms with Gasteiger partial charge in [-0.3, -0.25) is 4.79 Å². The first-order chi connectivity index (χ1) is 10.2. The third-order valence-electron chi connectivity index (χ3n) is 3.01. The Hall–Kier alpha value is -2.62. The molecule has 0 atom stereocenters. The van der Waals surface area contributed by atoms with Crippen molar-refractivity contribution in [1.29, 1.82) is 0 Å². The lowest BCUT2D eigenvalue weighted by molar-refractivity contribution is 0.0597. The van der Waals surface area contributed by atoms with Crippen molar-refractivity contribution in [2.75, 3.05) is 13.7 Å². The molecule has 0 spiro atoms. The van der Waals surface area contributed by atoms with Crippen LogP contribution in [0.2, 0.25) is 0 Å². The quantitative estimate of drug-likeness (QED) is 0.625. The molecule has 0 aliphatic carbocycles. The maximum atomic E-state index is 12.7. The molecular weight excluding hydrogens is 268 g/mol. The first kappa shape index (κ1) is 14.8. The molecule has 0 radical (unpaired) electrons. The molecule has 0 heterocycles. The summed E-state index contributed by atoms with van der Waals surface area (Å²) in [7, 11) is 1.29. The molecule has 2 aromatic rings. The maximum absolute atomic E-state index is 12.7. The molecule has 0 amide bonds. The highest BCUT2D eigenvalue weighted by Gasteiger charge is 2.20. The van der Waals surface area contributed by atoms with Crippen LogP contribution in [-0.2, 0) is 4.74 Å². The van der Waals surface area contributed by atoms with E-state index in [4.69, 9.17) is 9.47 Å². The zero-order valence-corrected chi connectivity index (χ0v) is 12.0. The van der Waals surface area contributed by atoms with Crippen LogP contribution in [0.5, 0.6) is 5.75 Å². The minimum absolute atomic E-state index is 0.247. The number of hydrogen-bond acceptors (Lipinski definition) is 4. The van der Waals surface area contributed by atoms with Gasteiger partial charge in [0.05, 0.1) is 24.8 Å². The number of rotatable bonds is 5. The van der Waals surface area contributed by atoms with Crippen LogP contribution in [0.1, 0.15) is 33.2 Å². The molecule has 0 unspecified atom stereocenters. The minimum atomic E-state index is -0.534. The molecule has 0 aliphatic rings. The third-order valence-corrected chi connectivity index (χ3v) is 3.01. The van der Waals surface area contributed by atoms with Gasteiger partial charge in [-0.25, -0.2) is 4.79 Å². The number of esters is 1. The van der Waals surface area contributed by atoms with E-state index in [0.717, 1.165) is 0 Å². The molecule has 0 bridgehead atoms. The third kappa shape index (κ3) is 3.11. The van der Waals surface area contributed by atoms with Gasteiger partial charge in [0, 0.05) is 5.56 Å². The monoisotopic (exact) mass is 284 g/mol. The van der Waals surface area contributed by atoms with Crippen LogP contribution in [0.15, 0.2) is 48.5 Å². The standard InChI is InChI=1S/C17H16O4/c1-3-21-15-11-7-6-10-14(15)16(18)12-8-4-5-9-13(12)17(19)20-2/h4-11H,3H2,1-2H3. The Morgan fingerprint density at radius 1 is 0.905 bits per heavy atom. The summed E-state index contributed by atoms with van der Waals surface area (Å²) in [6.45, 7) is 2.31.